The van der Waals surface area contributed by atoms with Crippen LogP contribution in [-0.4, -0.2) is 65.4 Å². The van der Waals surface area contributed by atoms with Crippen molar-refractivity contribution >= 4 is 23.2 Å². The van der Waals surface area contributed by atoms with Gasteiger partial charge in [0.1, 0.15) is 5.00 Å². The first-order chi connectivity index (χ1) is 14.2. The molecule has 156 valence electrons. The van der Waals surface area contributed by atoms with Gasteiger partial charge in [-0.1, -0.05) is 0 Å². The first-order valence-corrected chi connectivity index (χ1v) is 11.5. The molecular weight excluding hydrogens is 384 g/mol. The highest BCUT2D eigenvalue weighted by Crippen LogP contribution is 2.37. The molecule has 29 heavy (non-hydrogen) atoms. The Balaban J connectivity index is 1.54. The van der Waals surface area contributed by atoms with Gasteiger partial charge in [0.15, 0.2) is 0 Å². The van der Waals surface area contributed by atoms with Gasteiger partial charge in [0.2, 0.25) is 5.91 Å². The van der Waals surface area contributed by atoms with Gasteiger partial charge < -0.3 is 14.8 Å². The summed E-state index contributed by atoms with van der Waals surface area (Å²) in [6.45, 7) is 6.03. The Morgan fingerprint density at radius 1 is 1.03 bits per heavy atom. The normalized spacial score (nSPS) is 17.6. The predicted molar refractivity (Wildman–Crippen MR) is 116 cm³/mol. The van der Waals surface area contributed by atoms with Gasteiger partial charge in [-0.05, 0) is 56.7 Å². The molecule has 1 saturated heterocycles. The van der Waals surface area contributed by atoms with Crippen molar-refractivity contribution in [3.05, 3.63) is 40.5 Å². The Hall–Kier alpha value is -2.12. The minimum absolute atomic E-state index is 0.0640. The van der Waals surface area contributed by atoms with Gasteiger partial charge >= 0.3 is 0 Å². The number of aromatic nitrogens is 1. The van der Waals surface area contributed by atoms with Crippen LogP contribution in [0.4, 0.5) is 0 Å². The van der Waals surface area contributed by atoms with E-state index in [4.69, 9.17) is 0 Å². The van der Waals surface area contributed by atoms with E-state index in [1.165, 1.54) is 16.9 Å². The van der Waals surface area contributed by atoms with Crippen molar-refractivity contribution in [2.45, 2.75) is 39.0 Å². The maximum Gasteiger partial charge on any atom is 0.257 e. The molecule has 0 bridgehead atoms. The smallest absolute Gasteiger partial charge is 0.257 e. The standard InChI is InChI=1S/C22H30N4O2S/c1-2-23-19(27)16-24-10-7-13-25(15-14-24)21(28)20-17-8-3-4-9-18(17)29-22(20)26-11-5-6-12-26/h5-6,11-12H,2-4,7-10,13-16H2,1H3,(H,23,27). The van der Waals surface area contributed by atoms with E-state index in [0.29, 0.717) is 19.6 Å². The maximum atomic E-state index is 13.7. The number of carbonyl (C=O) groups excluding carboxylic acids is 2. The molecule has 7 heteroatoms. The van der Waals surface area contributed by atoms with Crippen LogP contribution in [0.15, 0.2) is 24.5 Å². The third-order valence-corrected chi connectivity index (χ3v) is 7.13. The van der Waals surface area contributed by atoms with Crippen LogP contribution in [0.5, 0.6) is 0 Å². The van der Waals surface area contributed by atoms with Gasteiger partial charge in [0.25, 0.3) is 5.91 Å². The average Bonchev–Trinajstić information content (AvgIpc) is 3.31. The largest absolute Gasteiger partial charge is 0.355 e. The number of nitrogens with zero attached hydrogens (tertiary/aromatic N) is 3. The molecule has 0 spiro atoms. The van der Waals surface area contributed by atoms with Gasteiger partial charge in [-0.3, -0.25) is 14.5 Å². The van der Waals surface area contributed by atoms with Crippen molar-refractivity contribution in [3.8, 4) is 5.00 Å². The number of likely N-dealkylation sites (N-methyl/N-ethyl adjacent to an activating group) is 1. The van der Waals surface area contributed by atoms with Crippen LogP contribution in [0.25, 0.3) is 5.00 Å². The third-order valence-electron chi connectivity index (χ3n) is 5.82. The van der Waals surface area contributed by atoms with E-state index in [1.54, 1.807) is 11.3 Å². The molecule has 4 rings (SSSR count). The summed E-state index contributed by atoms with van der Waals surface area (Å²) in [5.74, 6) is 0.224. The van der Waals surface area contributed by atoms with Crippen LogP contribution in [0.3, 0.4) is 0 Å². The predicted octanol–water partition coefficient (Wildman–Crippen LogP) is 2.70. The number of hydrogen-bond acceptors (Lipinski definition) is 4. The van der Waals surface area contributed by atoms with Crippen LogP contribution in [0.1, 0.15) is 47.0 Å². The van der Waals surface area contributed by atoms with E-state index in [0.717, 1.165) is 55.9 Å². The summed E-state index contributed by atoms with van der Waals surface area (Å²) in [6, 6.07) is 4.02. The molecule has 0 radical (unpaired) electrons. The monoisotopic (exact) mass is 414 g/mol. The molecule has 3 heterocycles. The number of thiophene rings is 1. The summed E-state index contributed by atoms with van der Waals surface area (Å²) in [6.07, 6.45) is 9.43. The highest BCUT2D eigenvalue weighted by Gasteiger charge is 2.30. The molecule has 6 nitrogen and oxygen atoms in total. The van der Waals surface area contributed by atoms with Crippen molar-refractivity contribution in [2.75, 3.05) is 39.3 Å². The lowest BCUT2D eigenvalue weighted by Gasteiger charge is -2.23. The lowest BCUT2D eigenvalue weighted by Crippen LogP contribution is -2.40. The summed E-state index contributed by atoms with van der Waals surface area (Å²) >= 11 is 1.78. The minimum Gasteiger partial charge on any atom is -0.355 e. The van der Waals surface area contributed by atoms with Crippen molar-refractivity contribution < 1.29 is 9.59 Å². The number of aryl methyl sites for hydroxylation is 1. The molecule has 2 aromatic rings. The number of fused-ring (bicyclic) bond motifs is 1. The Bertz CT molecular complexity index is 859. The van der Waals surface area contributed by atoms with Crippen LogP contribution in [0, 0.1) is 0 Å². The van der Waals surface area contributed by atoms with E-state index in [-0.39, 0.29) is 11.8 Å². The van der Waals surface area contributed by atoms with Crippen LogP contribution >= 0.6 is 11.3 Å². The molecule has 2 amide bonds. The SMILES string of the molecule is CCNC(=O)CN1CCCN(C(=O)c2c(-n3cccc3)sc3c2CCCC3)CC1. The number of hydrogen-bond donors (Lipinski definition) is 1. The van der Waals surface area contributed by atoms with Crippen LogP contribution < -0.4 is 5.32 Å². The lowest BCUT2D eigenvalue weighted by molar-refractivity contribution is -0.122. The summed E-state index contributed by atoms with van der Waals surface area (Å²) in [5.41, 5.74) is 2.19. The summed E-state index contributed by atoms with van der Waals surface area (Å²) in [4.78, 5) is 31.1. The molecule has 1 N–H and O–H groups in total. The number of carbonyl (C=O) groups is 2. The second kappa shape index (κ2) is 9.13. The van der Waals surface area contributed by atoms with Gasteiger partial charge in [0, 0.05) is 50.0 Å². The highest BCUT2D eigenvalue weighted by atomic mass is 32.1. The number of amides is 2. The fraction of sp³-hybridized carbons (Fsp3) is 0.545. The van der Waals surface area contributed by atoms with Gasteiger partial charge in [-0.15, -0.1) is 11.3 Å². The average molecular weight is 415 g/mol. The lowest BCUT2D eigenvalue weighted by atomic mass is 9.95. The Morgan fingerprint density at radius 2 is 1.83 bits per heavy atom. The van der Waals surface area contributed by atoms with Crippen LogP contribution in [-0.2, 0) is 17.6 Å². The Labute approximate surface area is 176 Å². The molecule has 1 fully saturated rings. The fourth-order valence-corrected chi connectivity index (χ4v) is 5.72. The second-order valence-electron chi connectivity index (χ2n) is 7.86. The van der Waals surface area contributed by atoms with E-state index >= 15 is 0 Å². The molecule has 0 unspecified atom stereocenters. The van der Waals surface area contributed by atoms with Crippen molar-refractivity contribution in [1.82, 2.24) is 19.7 Å². The maximum absolute atomic E-state index is 13.7. The molecule has 1 aliphatic heterocycles. The molecule has 2 aromatic heterocycles. The van der Waals surface area contributed by atoms with E-state index < -0.39 is 0 Å². The quantitative estimate of drug-likeness (QED) is 0.818. The molecule has 0 saturated carbocycles. The zero-order chi connectivity index (χ0) is 20.2. The van der Waals surface area contributed by atoms with Crippen molar-refractivity contribution in [3.63, 3.8) is 0 Å². The van der Waals surface area contributed by atoms with E-state index in [9.17, 15) is 9.59 Å². The summed E-state index contributed by atoms with van der Waals surface area (Å²) < 4.78 is 2.09. The zero-order valence-corrected chi connectivity index (χ0v) is 18.0. The highest BCUT2D eigenvalue weighted by molar-refractivity contribution is 7.15. The van der Waals surface area contributed by atoms with Gasteiger partial charge in [-0.2, -0.15) is 0 Å². The van der Waals surface area contributed by atoms with Gasteiger partial charge in [0.05, 0.1) is 12.1 Å². The molecular formula is C22H30N4O2S. The Kier molecular flexibility index (Phi) is 6.35. The van der Waals surface area contributed by atoms with Crippen LogP contribution in [0.2, 0.25) is 0 Å². The topological polar surface area (TPSA) is 57.6 Å². The van der Waals surface area contributed by atoms with Crippen molar-refractivity contribution in [2.24, 2.45) is 0 Å². The number of rotatable bonds is 5. The second-order valence-corrected chi connectivity index (χ2v) is 8.94. The molecule has 0 aromatic carbocycles. The zero-order valence-electron chi connectivity index (χ0n) is 17.2. The van der Waals surface area contributed by atoms with Gasteiger partial charge in [-0.25, -0.2) is 0 Å². The summed E-state index contributed by atoms with van der Waals surface area (Å²) in [5, 5.41) is 3.93. The number of nitrogens with one attached hydrogen (secondary N) is 1. The fourth-order valence-electron chi connectivity index (χ4n) is 4.37. The summed E-state index contributed by atoms with van der Waals surface area (Å²) in [7, 11) is 0. The molecule has 1 aliphatic carbocycles. The van der Waals surface area contributed by atoms with E-state index in [2.05, 4.69) is 14.8 Å². The third kappa shape index (κ3) is 4.41. The molecule has 0 atom stereocenters. The van der Waals surface area contributed by atoms with E-state index in [1.807, 2.05) is 36.4 Å². The van der Waals surface area contributed by atoms with Crippen molar-refractivity contribution in [1.29, 1.82) is 0 Å². The molecule has 2 aliphatic rings. The first kappa shape index (κ1) is 20.2. The first-order valence-electron chi connectivity index (χ1n) is 10.7. The Morgan fingerprint density at radius 3 is 2.62 bits per heavy atom. The minimum atomic E-state index is 0.0640.